The number of carbonyl (C=O) groups is 2. The van der Waals surface area contributed by atoms with Gasteiger partial charge in [-0.1, -0.05) is 23.4 Å². The van der Waals surface area contributed by atoms with E-state index in [-0.39, 0.29) is 24.4 Å². The molecule has 0 unspecified atom stereocenters. The Morgan fingerprint density at radius 3 is 2.46 bits per heavy atom. The van der Waals surface area contributed by atoms with Crippen LogP contribution in [0, 0.1) is 18.6 Å². The summed E-state index contributed by atoms with van der Waals surface area (Å²) in [6.45, 7) is 1.88. The zero-order valence-corrected chi connectivity index (χ0v) is 15.0. The van der Waals surface area contributed by atoms with Gasteiger partial charge >= 0.3 is 0 Å². The third-order valence-electron chi connectivity index (χ3n) is 3.98. The van der Waals surface area contributed by atoms with Crippen molar-refractivity contribution in [1.82, 2.24) is 15.8 Å². The molecule has 6 nitrogen and oxygen atoms in total. The van der Waals surface area contributed by atoms with Crippen molar-refractivity contribution >= 4 is 11.8 Å². The van der Waals surface area contributed by atoms with Gasteiger partial charge in [-0.2, -0.15) is 0 Å². The molecule has 0 fully saturated rings. The van der Waals surface area contributed by atoms with Gasteiger partial charge in [0.05, 0.1) is 0 Å². The van der Waals surface area contributed by atoms with Gasteiger partial charge in [-0.25, -0.2) is 8.78 Å². The fourth-order valence-corrected chi connectivity index (χ4v) is 2.44. The van der Waals surface area contributed by atoms with E-state index in [1.807, 2.05) is 0 Å². The number of benzene rings is 2. The lowest BCUT2D eigenvalue weighted by Gasteiger charge is -2.06. The Bertz CT molecular complexity index is 1020. The minimum Gasteiger partial charge on any atom is -0.350 e. The van der Waals surface area contributed by atoms with Gasteiger partial charge in [-0.3, -0.25) is 9.59 Å². The molecule has 3 aromatic rings. The molecule has 0 radical (unpaired) electrons. The standard InChI is InChI=1S/C20H17F2N3O3/c1-12-5-6-14(10-16(12)22)19(26)23-7-8-24-20(27)18-11-17(25-28-18)13-3-2-4-15(21)9-13/h2-6,9-11H,7-8H2,1H3,(H,23,26)(H,24,27). The molecule has 0 aliphatic heterocycles. The van der Waals surface area contributed by atoms with E-state index in [0.29, 0.717) is 16.8 Å². The van der Waals surface area contributed by atoms with E-state index in [1.165, 1.54) is 36.4 Å². The lowest BCUT2D eigenvalue weighted by molar-refractivity contribution is 0.0903. The van der Waals surface area contributed by atoms with Crippen molar-refractivity contribution in [3.8, 4) is 11.3 Å². The molecule has 1 heterocycles. The average Bonchev–Trinajstić information content (AvgIpc) is 3.17. The number of aryl methyl sites for hydroxylation is 1. The summed E-state index contributed by atoms with van der Waals surface area (Å²) in [5.74, 6) is -1.88. The Hall–Kier alpha value is -3.55. The van der Waals surface area contributed by atoms with Crippen LogP contribution in [0.25, 0.3) is 11.3 Å². The zero-order chi connectivity index (χ0) is 20.1. The SMILES string of the molecule is Cc1ccc(C(=O)NCCNC(=O)c2cc(-c3cccc(F)c3)no2)cc1F. The summed E-state index contributed by atoms with van der Waals surface area (Å²) in [6, 6.07) is 11.4. The Morgan fingerprint density at radius 2 is 1.75 bits per heavy atom. The maximum absolute atomic E-state index is 13.5. The molecule has 0 saturated carbocycles. The molecule has 28 heavy (non-hydrogen) atoms. The van der Waals surface area contributed by atoms with Crippen molar-refractivity contribution < 1.29 is 22.9 Å². The molecule has 0 aliphatic rings. The maximum atomic E-state index is 13.5. The summed E-state index contributed by atoms with van der Waals surface area (Å²) in [7, 11) is 0. The molecule has 1 aromatic heterocycles. The van der Waals surface area contributed by atoms with E-state index >= 15 is 0 Å². The summed E-state index contributed by atoms with van der Waals surface area (Å²) >= 11 is 0. The second-order valence-corrected chi connectivity index (χ2v) is 6.06. The Morgan fingerprint density at radius 1 is 1.00 bits per heavy atom. The number of amides is 2. The van der Waals surface area contributed by atoms with Gasteiger partial charge in [-0.05, 0) is 36.8 Å². The van der Waals surface area contributed by atoms with Gasteiger partial charge in [0.25, 0.3) is 11.8 Å². The molecule has 0 aliphatic carbocycles. The molecule has 0 spiro atoms. The molecule has 8 heteroatoms. The lowest BCUT2D eigenvalue weighted by atomic mass is 10.1. The van der Waals surface area contributed by atoms with Crippen LogP contribution in [0.5, 0.6) is 0 Å². The highest BCUT2D eigenvalue weighted by Crippen LogP contribution is 2.19. The van der Waals surface area contributed by atoms with Gasteiger partial charge < -0.3 is 15.2 Å². The number of aromatic nitrogens is 1. The number of hydrogen-bond acceptors (Lipinski definition) is 4. The summed E-state index contributed by atoms with van der Waals surface area (Å²) < 4.78 is 31.7. The molecule has 2 N–H and O–H groups in total. The van der Waals surface area contributed by atoms with E-state index < -0.39 is 23.4 Å². The number of halogens is 2. The second-order valence-electron chi connectivity index (χ2n) is 6.06. The summed E-state index contributed by atoms with van der Waals surface area (Å²) in [5, 5.41) is 8.90. The first kappa shape index (κ1) is 19.2. The highest BCUT2D eigenvalue weighted by molar-refractivity contribution is 5.94. The van der Waals surface area contributed by atoms with Crippen LogP contribution in [-0.4, -0.2) is 30.1 Å². The first-order valence-electron chi connectivity index (χ1n) is 8.49. The predicted octanol–water partition coefficient (Wildman–Crippen LogP) is 3.09. The highest BCUT2D eigenvalue weighted by Gasteiger charge is 2.14. The molecule has 2 aromatic carbocycles. The van der Waals surface area contributed by atoms with Crippen LogP contribution in [0.2, 0.25) is 0 Å². The highest BCUT2D eigenvalue weighted by atomic mass is 19.1. The molecule has 0 bridgehead atoms. The Balaban J connectivity index is 1.49. The fourth-order valence-electron chi connectivity index (χ4n) is 2.44. The molecular weight excluding hydrogens is 368 g/mol. The Kier molecular flexibility index (Phi) is 5.78. The average molecular weight is 385 g/mol. The van der Waals surface area contributed by atoms with Gasteiger partial charge in [0.1, 0.15) is 17.3 Å². The zero-order valence-electron chi connectivity index (χ0n) is 15.0. The topological polar surface area (TPSA) is 84.2 Å². The summed E-state index contributed by atoms with van der Waals surface area (Å²) in [6.07, 6.45) is 0. The van der Waals surface area contributed by atoms with Crippen LogP contribution in [0.3, 0.4) is 0 Å². The van der Waals surface area contributed by atoms with E-state index in [0.717, 1.165) is 6.07 Å². The van der Waals surface area contributed by atoms with Crippen LogP contribution in [0.1, 0.15) is 26.5 Å². The van der Waals surface area contributed by atoms with Crippen LogP contribution in [0.4, 0.5) is 8.78 Å². The first-order valence-corrected chi connectivity index (χ1v) is 8.49. The Labute approximate surface area is 159 Å². The number of nitrogens with zero attached hydrogens (tertiary/aromatic N) is 1. The van der Waals surface area contributed by atoms with Crippen molar-refractivity contribution in [2.75, 3.05) is 13.1 Å². The number of hydrogen-bond donors (Lipinski definition) is 2. The largest absolute Gasteiger partial charge is 0.350 e. The van der Waals surface area contributed by atoms with E-state index in [2.05, 4.69) is 15.8 Å². The predicted molar refractivity (Wildman–Crippen MR) is 97.7 cm³/mol. The second kappa shape index (κ2) is 8.43. The van der Waals surface area contributed by atoms with Crippen LogP contribution < -0.4 is 10.6 Å². The van der Waals surface area contributed by atoms with Crippen LogP contribution >= 0.6 is 0 Å². The fraction of sp³-hybridized carbons (Fsp3) is 0.150. The quantitative estimate of drug-likeness (QED) is 0.639. The number of rotatable bonds is 6. The normalized spacial score (nSPS) is 10.5. The van der Waals surface area contributed by atoms with Crippen molar-refractivity contribution in [1.29, 1.82) is 0 Å². The molecule has 3 rings (SSSR count). The minimum absolute atomic E-state index is 0.0359. The van der Waals surface area contributed by atoms with Gasteiger partial charge in [0.2, 0.25) is 5.76 Å². The van der Waals surface area contributed by atoms with Crippen molar-refractivity contribution in [2.24, 2.45) is 0 Å². The lowest BCUT2D eigenvalue weighted by Crippen LogP contribution is -2.34. The maximum Gasteiger partial charge on any atom is 0.289 e. The minimum atomic E-state index is -0.522. The van der Waals surface area contributed by atoms with E-state index in [9.17, 15) is 18.4 Å². The molecule has 0 saturated heterocycles. The first-order chi connectivity index (χ1) is 13.4. The van der Waals surface area contributed by atoms with Crippen molar-refractivity contribution in [3.05, 3.63) is 77.1 Å². The van der Waals surface area contributed by atoms with Crippen molar-refractivity contribution in [2.45, 2.75) is 6.92 Å². The van der Waals surface area contributed by atoms with Gasteiger partial charge in [0.15, 0.2) is 0 Å². The van der Waals surface area contributed by atoms with Gasteiger partial charge in [-0.15, -0.1) is 0 Å². The van der Waals surface area contributed by atoms with E-state index in [4.69, 9.17) is 4.52 Å². The summed E-state index contributed by atoms with van der Waals surface area (Å²) in [4.78, 5) is 24.0. The number of nitrogens with one attached hydrogen (secondary N) is 2. The van der Waals surface area contributed by atoms with Gasteiger partial charge in [0, 0.05) is 30.3 Å². The monoisotopic (exact) mass is 385 g/mol. The smallest absolute Gasteiger partial charge is 0.289 e. The third kappa shape index (κ3) is 4.59. The molecular formula is C20H17F2N3O3. The van der Waals surface area contributed by atoms with Crippen LogP contribution in [0.15, 0.2) is 53.1 Å². The van der Waals surface area contributed by atoms with E-state index in [1.54, 1.807) is 13.0 Å². The summed E-state index contributed by atoms with van der Waals surface area (Å²) in [5.41, 5.74) is 1.47. The van der Waals surface area contributed by atoms with Crippen molar-refractivity contribution in [3.63, 3.8) is 0 Å². The molecule has 144 valence electrons. The third-order valence-corrected chi connectivity index (χ3v) is 3.98. The van der Waals surface area contributed by atoms with Crippen LogP contribution in [-0.2, 0) is 0 Å². The number of carbonyl (C=O) groups excluding carboxylic acids is 2. The molecule has 2 amide bonds. The molecule has 0 atom stereocenters.